The SMILES string of the molecule is CC(C)(N)C1(c2ccnc3ccccc23)CC1. The minimum Gasteiger partial charge on any atom is -0.325 e. The Balaban J connectivity index is 2.25. The summed E-state index contributed by atoms with van der Waals surface area (Å²) in [5.74, 6) is 0. The van der Waals surface area contributed by atoms with Crippen LogP contribution < -0.4 is 5.73 Å². The maximum atomic E-state index is 6.38. The van der Waals surface area contributed by atoms with Gasteiger partial charge in [0.25, 0.3) is 0 Å². The molecule has 1 saturated carbocycles. The molecule has 1 aromatic carbocycles. The van der Waals surface area contributed by atoms with E-state index in [-0.39, 0.29) is 11.0 Å². The minimum atomic E-state index is -0.170. The number of pyridine rings is 1. The van der Waals surface area contributed by atoms with Gasteiger partial charge in [-0.05, 0) is 44.4 Å². The fourth-order valence-corrected chi connectivity index (χ4v) is 2.90. The van der Waals surface area contributed by atoms with Crippen molar-refractivity contribution in [3.05, 3.63) is 42.1 Å². The number of hydrogen-bond acceptors (Lipinski definition) is 2. The van der Waals surface area contributed by atoms with E-state index in [1.165, 1.54) is 23.8 Å². The first-order valence-electron chi connectivity index (χ1n) is 6.18. The molecule has 0 bridgehead atoms. The van der Waals surface area contributed by atoms with E-state index in [9.17, 15) is 0 Å². The van der Waals surface area contributed by atoms with Gasteiger partial charge in [-0.25, -0.2) is 0 Å². The molecule has 2 heteroatoms. The van der Waals surface area contributed by atoms with Crippen molar-refractivity contribution in [2.24, 2.45) is 5.73 Å². The van der Waals surface area contributed by atoms with Crippen LogP contribution in [0.3, 0.4) is 0 Å². The van der Waals surface area contributed by atoms with Gasteiger partial charge >= 0.3 is 0 Å². The van der Waals surface area contributed by atoms with Crippen LogP contribution in [0, 0.1) is 0 Å². The van der Waals surface area contributed by atoms with Crippen LogP contribution in [0.15, 0.2) is 36.5 Å². The van der Waals surface area contributed by atoms with Gasteiger partial charge in [-0.15, -0.1) is 0 Å². The molecule has 0 aliphatic heterocycles. The molecule has 0 radical (unpaired) electrons. The lowest BCUT2D eigenvalue weighted by Gasteiger charge is -2.32. The van der Waals surface area contributed by atoms with Crippen LogP contribution in [-0.4, -0.2) is 10.5 Å². The van der Waals surface area contributed by atoms with E-state index < -0.39 is 0 Å². The average molecular weight is 226 g/mol. The summed E-state index contributed by atoms with van der Waals surface area (Å²) in [6.45, 7) is 4.27. The number of para-hydroxylation sites is 1. The number of benzene rings is 1. The molecular formula is C15H18N2. The standard InChI is InChI=1S/C15H18N2/c1-14(2,16)15(8-9-15)12-7-10-17-13-6-4-3-5-11(12)13/h3-7,10H,8-9,16H2,1-2H3. The maximum absolute atomic E-state index is 6.38. The smallest absolute Gasteiger partial charge is 0.0704 e. The van der Waals surface area contributed by atoms with Crippen LogP contribution in [-0.2, 0) is 5.41 Å². The van der Waals surface area contributed by atoms with Gasteiger partial charge in [-0.2, -0.15) is 0 Å². The predicted octanol–water partition coefficient (Wildman–Crippen LogP) is 3.00. The van der Waals surface area contributed by atoms with Gasteiger partial charge in [0.15, 0.2) is 0 Å². The molecule has 1 aliphatic rings. The minimum absolute atomic E-state index is 0.148. The van der Waals surface area contributed by atoms with Crippen molar-refractivity contribution in [1.82, 2.24) is 4.98 Å². The zero-order valence-electron chi connectivity index (χ0n) is 10.4. The third-order valence-corrected chi connectivity index (χ3v) is 4.15. The lowest BCUT2D eigenvalue weighted by molar-refractivity contribution is 0.393. The Kier molecular flexibility index (Phi) is 2.08. The van der Waals surface area contributed by atoms with E-state index in [1.807, 2.05) is 12.3 Å². The molecule has 88 valence electrons. The summed E-state index contributed by atoms with van der Waals surface area (Å²) in [4.78, 5) is 4.42. The number of fused-ring (bicyclic) bond motifs is 1. The third kappa shape index (κ3) is 1.48. The van der Waals surface area contributed by atoms with Crippen molar-refractivity contribution >= 4 is 10.9 Å². The van der Waals surface area contributed by atoms with Crippen LogP contribution in [0.4, 0.5) is 0 Å². The zero-order valence-corrected chi connectivity index (χ0v) is 10.4. The second kappa shape index (κ2) is 3.30. The van der Waals surface area contributed by atoms with Crippen LogP contribution >= 0.6 is 0 Å². The molecule has 0 amide bonds. The highest BCUT2D eigenvalue weighted by molar-refractivity contribution is 5.83. The Morgan fingerprint density at radius 2 is 1.88 bits per heavy atom. The number of hydrogen-bond donors (Lipinski definition) is 1. The molecule has 1 aromatic heterocycles. The van der Waals surface area contributed by atoms with Gasteiger partial charge in [0, 0.05) is 22.5 Å². The highest BCUT2D eigenvalue weighted by atomic mass is 14.8. The Morgan fingerprint density at radius 3 is 2.53 bits per heavy atom. The van der Waals surface area contributed by atoms with Crippen molar-refractivity contribution in [2.45, 2.75) is 37.6 Å². The summed E-state index contributed by atoms with van der Waals surface area (Å²) in [5.41, 5.74) is 8.80. The molecule has 0 unspecified atom stereocenters. The summed E-state index contributed by atoms with van der Waals surface area (Å²) in [6, 6.07) is 10.5. The third-order valence-electron chi connectivity index (χ3n) is 4.15. The van der Waals surface area contributed by atoms with Crippen molar-refractivity contribution in [2.75, 3.05) is 0 Å². The van der Waals surface area contributed by atoms with E-state index in [0.717, 1.165) is 5.52 Å². The van der Waals surface area contributed by atoms with E-state index >= 15 is 0 Å². The van der Waals surface area contributed by atoms with E-state index in [4.69, 9.17) is 5.73 Å². The Bertz CT molecular complexity index is 557. The van der Waals surface area contributed by atoms with Crippen molar-refractivity contribution < 1.29 is 0 Å². The van der Waals surface area contributed by atoms with Gasteiger partial charge in [0.1, 0.15) is 0 Å². The summed E-state index contributed by atoms with van der Waals surface area (Å²) in [6.07, 6.45) is 4.28. The zero-order chi connectivity index (χ0) is 12.1. The fourth-order valence-electron chi connectivity index (χ4n) is 2.90. The van der Waals surface area contributed by atoms with Gasteiger partial charge in [-0.3, -0.25) is 4.98 Å². The molecular weight excluding hydrogens is 208 g/mol. The quantitative estimate of drug-likeness (QED) is 0.855. The van der Waals surface area contributed by atoms with Crippen LogP contribution in [0.5, 0.6) is 0 Å². The highest BCUT2D eigenvalue weighted by Gasteiger charge is 2.54. The van der Waals surface area contributed by atoms with E-state index in [0.29, 0.717) is 0 Å². The average Bonchev–Trinajstić information content (AvgIpc) is 3.08. The molecule has 2 nitrogen and oxygen atoms in total. The van der Waals surface area contributed by atoms with Crippen LogP contribution in [0.2, 0.25) is 0 Å². The Labute approximate surface area is 102 Å². The second-order valence-electron chi connectivity index (χ2n) is 5.68. The molecule has 1 fully saturated rings. The van der Waals surface area contributed by atoms with Crippen molar-refractivity contribution in [1.29, 1.82) is 0 Å². The van der Waals surface area contributed by atoms with Crippen LogP contribution in [0.1, 0.15) is 32.3 Å². The number of nitrogens with zero attached hydrogens (tertiary/aromatic N) is 1. The first-order chi connectivity index (χ1) is 8.05. The largest absolute Gasteiger partial charge is 0.325 e. The second-order valence-corrected chi connectivity index (χ2v) is 5.68. The molecule has 1 heterocycles. The normalized spacial score (nSPS) is 18.3. The number of rotatable bonds is 2. The number of nitrogens with two attached hydrogens (primary N) is 1. The first kappa shape index (κ1) is 10.7. The summed E-state index contributed by atoms with van der Waals surface area (Å²) < 4.78 is 0. The van der Waals surface area contributed by atoms with Gasteiger partial charge in [-0.1, -0.05) is 18.2 Å². The molecule has 0 saturated heterocycles. The van der Waals surface area contributed by atoms with E-state index in [1.54, 1.807) is 0 Å². The predicted molar refractivity (Wildman–Crippen MR) is 70.9 cm³/mol. The Hall–Kier alpha value is -1.41. The molecule has 2 aromatic rings. The monoisotopic (exact) mass is 226 g/mol. The van der Waals surface area contributed by atoms with Crippen molar-refractivity contribution in [3.63, 3.8) is 0 Å². The highest BCUT2D eigenvalue weighted by Crippen LogP contribution is 2.56. The van der Waals surface area contributed by atoms with Gasteiger partial charge in [0.2, 0.25) is 0 Å². The molecule has 3 rings (SSSR count). The first-order valence-corrected chi connectivity index (χ1v) is 6.18. The summed E-state index contributed by atoms with van der Waals surface area (Å²) >= 11 is 0. The lowest BCUT2D eigenvalue weighted by Crippen LogP contribution is -2.45. The lowest BCUT2D eigenvalue weighted by atomic mass is 9.78. The molecule has 0 atom stereocenters. The van der Waals surface area contributed by atoms with Gasteiger partial charge < -0.3 is 5.73 Å². The molecule has 0 spiro atoms. The maximum Gasteiger partial charge on any atom is 0.0704 e. The van der Waals surface area contributed by atoms with Crippen LogP contribution in [0.25, 0.3) is 10.9 Å². The van der Waals surface area contributed by atoms with Crippen molar-refractivity contribution in [3.8, 4) is 0 Å². The fraction of sp³-hybridized carbons (Fsp3) is 0.400. The topological polar surface area (TPSA) is 38.9 Å². The number of aromatic nitrogens is 1. The molecule has 17 heavy (non-hydrogen) atoms. The van der Waals surface area contributed by atoms with Gasteiger partial charge in [0.05, 0.1) is 5.52 Å². The molecule has 1 aliphatic carbocycles. The summed E-state index contributed by atoms with van der Waals surface area (Å²) in [7, 11) is 0. The molecule has 2 N–H and O–H groups in total. The Morgan fingerprint density at radius 1 is 1.18 bits per heavy atom. The van der Waals surface area contributed by atoms with E-state index in [2.05, 4.69) is 43.1 Å². The summed E-state index contributed by atoms with van der Waals surface area (Å²) in [5, 5.41) is 1.26.